The normalized spacial score (nSPS) is 11.6. The van der Waals surface area contributed by atoms with E-state index in [-0.39, 0.29) is 12.1 Å². The Morgan fingerprint density at radius 3 is 2.38 bits per heavy atom. The Bertz CT molecular complexity index is 716. The van der Waals surface area contributed by atoms with E-state index < -0.39 is 23.7 Å². The van der Waals surface area contributed by atoms with E-state index in [0.717, 1.165) is 12.0 Å². The molecule has 0 saturated heterocycles. The van der Waals surface area contributed by atoms with Crippen molar-refractivity contribution in [2.24, 2.45) is 0 Å². The zero-order valence-electron chi connectivity index (χ0n) is 13.3. The standard InChI is InChI=1S/C18H19FN2O3/c1-2-12-7-9-13(10-8-12)21-18(24)17(23)20-11-16(22)14-5-3-4-6-15(14)19/h3-10,16,22H,2,11H2,1H3,(H,20,23)(H,21,24). The molecule has 2 rings (SSSR count). The predicted molar refractivity (Wildman–Crippen MR) is 88.8 cm³/mol. The molecular weight excluding hydrogens is 311 g/mol. The van der Waals surface area contributed by atoms with Crippen molar-refractivity contribution in [2.75, 3.05) is 11.9 Å². The maximum absolute atomic E-state index is 13.5. The lowest BCUT2D eigenvalue weighted by Crippen LogP contribution is -2.37. The quantitative estimate of drug-likeness (QED) is 0.735. The van der Waals surface area contributed by atoms with Crippen molar-refractivity contribution in [3.63, 3.8) is 0 Å². The van der Waals surface area contributed by atoms with E-state index in [1.165, 1.54) is 18.2 Å². The molecule has 0 aliphatic rings. The van der Waals surface area contributed by atoms with E-state index in [1.807, 2.05) is 19.1 Å². The summed E-state index contributed by atoms with van der Waals surface area (Å²) < 4.78 is 13.5. The summed E-state index contributed by atoms with van der Waals surface area (Å²) in [5.74, 6) is -2.32. The highest BCUT2D eigenvalue weighted by atomic mass is 19.1. The van der Waals surface area contributed by atoms with Crippen LogP contribution in [0.4, 0.5) is 10.1 Å². The molecule has 0 aliphatic carbocycles. The minimum Gasteiger partial charge on any atom is -0.386 e. The number of anilines is 1. The van der Waals surface area contributed by atoms with Crippen molar-refractivity contribution < 1.29 is 19.1 Å². The molecule has 0 saturated carbocycles. The van der Waals surface area contributed by atoms with Gasteiger partial charge in [-0.3, -0.25) is 9.59 Å². The number of hydrogen-bond donors (Lipinski definition) is 3. The molecule has 2 aromatic carbocycles. The number of carbonyl (C=O) groups is 2. The van der Waals surface area contributed by atoms with E-state index in [0.29, 0.717) is 5.69 Å². The molecule has 6 heteroatoms. The average Bonchev–Trinajstić information content (AvgIpc) is 2.60. The van der Waals surface area contributed by atoms with Crippen LogP contribution < -0.4 is 10.6 Å². The van der Waals surface area contributed by atoms with Crippen LogP contribution in [0.15, 0.2) is 48.5 Å². The smallest absolute Gasteiger partial charge is 0.313 e. The van der Waals surface area contributed by atoms with Crippen molar-refractivity contribution in [1.82, 2.24) is 5.32 Å². The van der Waals surface area contributed by atoms with Crippen molar-refractivity contribution in [1.29, 1.82) is 0 Å². The molecule has 0 aromatic heterocycles. The van der Waals surface area contributed by atoms with Crippen LogP contribution in [0.3, 0.4) is 0 Å². The fraction of sp³-hybridized carbons (Fsp3) is 0.222. The monoisotopic (exact) mass is 330 g/mol. The molecule has 0 spiro atoms. The Hall–Kier alpha value is -2.73. The van der Waals surface area contributed by atoms with Gasteiger partial charge in [-0.1, -0.05) is 37.3 Å². The van der Waals surface area contributed by atoms with Crippen LogP contribution in [0.25, 0.3) is 0 Å². The SMILES string of the molecule is CCc1ccc(NC(=O)C(=O)NCC(O)c2ccccc2F)cc1. The molecule has 5 nitrogen and oxygen atoms in total. The fourth-order valence-corrected chi connectivity index (χ4v) is 2.14. The zero-order chi connectivity index (χ0) is 17.5. The van der Waals surface area contributed by atoms with Gasteiger partial charge in [0.25, 0.3) is 0 Å². The van der Waals surface area contributed by atoms with Crippen molar-refractivity contribution in [3.05, 3.63) is 65.5 Å². The topological polar surface area (TPSA) is 78.4 Å². The minimum absolute atomic E-state index is 0.0633. The second-order valence-electron chi connectivity index (χ2n) is 5.25. The Kier molecular flexibility index (Phi) is 6.03. The Morgan fingerprint density at radius 1 is 1.08 bits per heavy atom. The zero-order valence-corrected chi connectivity index (χ0v) is 13.3. The second kappa shape index (κ2) is 8.21. The van der Waals surface area contributed by atoms with Gasteiger partial charge in [0.15, 0.2) is 0 Å². The first-order valence-electron chi connectivity index (χ1n) is 7.62. The lowest BCUT2D eigenvalue weighted by atomic mass is 10.1. The van der Waals surface area contributed by atoms with Crippen LogP contribution in [-0.4, -0.2) is 23.5 Å². The molecule has 0 aliphatic heterocycles. The number of hydrogen-bond acceptors (Lipinski definition) is 3. The molecule has 1 atom stereocenters. The number of benzene rings is 2. The van der Waals surface area contributed by atoms with Crippen molar-refractivity contribution >= 4 is 17.5 Å². The Morgan fingerprint density at radius 2 is 1.75 bits per heavy atom. The number of rotatable bonds is 5. The summed E-state index contributed by atoms with van der Waals surface area (Å²) in [5, 5.41) is 14.6. The highest BCUT2D eigenvalue weighted by Crippen LogP contribution is 2.15. The third kappa shape index (κ3) is 4.63. The highest BCUT2D eigenvalue weighted by molar-refractivity contribution is 6.39. The van der Waals surface area contributed by atoms with Gasteiger partial charge in [0.05, 0.1) is 6.10 Å². The number of aryl methyl sites for hydroxylation is 1. The third-order valence-corrected chi connectivity index (χ3v) is 3.55. The Balaban J connectivity index is 1.87. The first kappa shape index (κ1) is 17.6. The molecule has 24 heavy (non-hydrogen) atoms. The first-order chi connectivity index (χ1) is 11.5. The van der Waals surface area contributed by atoms with E-state index in [1.54, 1.807) is 18.2 Å². The number of aliphatic hydroxyl groups is 1. The van der Waals surface area contributed by atoms with Crippen LogP contribution in [0.2, 0.25) is 0 Å². The molecule has 0 fully saturated rings. The van der Waals surface area contributed by atoms with Crippen LogP contribution in [0, 0.1) is 5.82 Å². The molecule has 0 bridgehead atoms. The van der Waals surface area contributed by atoms with Gasteiger partial charge in [-0.2, -0.15) is 0 Å². The third-order valence-electron chi connectivity index (χ3n) is 3.55. The molecule has 0 heterocycles. The maximum atomic E-state index is 13.5. The molecule has 1 unspecified atom stereocenters. The number of carbonyl (C=O) groups excluding carboxylic acids is 2. The summed E-state index contributed by atoms with van der Waals surface area (Å²) in [6, 6.07) is 12.8. The van der Waals surface area contributed by atoms with Crippen molar-refractivity contribution in [2.45, 2.75) is 19.4 Å². The molecular formula is C18H19FN2O3. The van der Waals surface area contributed by atoms with Crippen LogP contribution in [0.5, 0.6) is 0 Å². The average molecular weight is 330 g/mol. The van der Waals surface area contributed by atoms with Gasteiger partial charge in [-0.15, -0.1) is 0 Å². The summed E-state index contributed by atoms with van der Waals surface area (Å²) >= 11 is 0. The van der Waals surface area contributed by atoms with Gasteiger partial charge in [0, 0.05) is 17.8 Å². The van der Waals surface area contributed by atoms with Gasteiger partial charge < -0.3 is 15.7 Å². The molecule has 0 radical (unpaired) electrons. The largest absolute Gasteiger partial charge is 0.386 e. The van der Waals surface area contributed by atoms with Gasteiger partial charge in [0.2, 0.25) is 0 Å². The minimum atomic E-state index is -1.23. The first-order valence-corrected chi connectivity index (χ1v) is 7.62. The summed E-state index contributed by atoms with van der Waals surface area (Å²) in [6.07, 6.45) is -0.352. The highest BCUT2D eigenvalue weighted by Gasteiger charge is 2.17. The van der Waals surface area contributed by atoms with E-state index in [4.69, 9.17) is 0 Å². The predicted octanol–water partition coefficient (Wildman–Crippen LogP) is 2.18. The number of amides is 2. The molecule has 126 valence electrons. The fourth-order valence-electron chi connectivity index (χ4n) is 2.14. The molecule has 3 N–H and O–H groups in total. The van der Waals surface area contributed by atoms with Crippen LogP contribution in [0.1, 0.15) is 24.2 Å². The summed E-state index contributed by atoms with van der Waals surface area (Å²) in [4.78, 5) is 23.6. The van der Waals surface area contributed by atoms with Gasteiger partial charge in [-0.05, 0) is 30.2 Å². The van der Waals surface area contributed by atoms with Gasteiger partial charge in [-0.25, -0.2) is 4.39 Å². The van der Waals surface area contributed by atoms with Crippen LogP contribution in [-0.2, 0) is 16.0 Å². The summed E-state index contributed by atoms with van der Waals surface area (Å²) in [7, 11) is 0. The number of aliphatic hydroxyl groups excluding tert-OH is 1. The van der Waals surface area contributed by atoms with Gasteiger partial charge >= 0.3 is 11.8 Å². The molecule has 2 aromatic rings. The molecule has 2 amide bonds. The maximum Gasteiger partial charge on any atom is 0.313 e. The van der Waals surface area contributed by atoms with Crippen molar-refractivity contribution in [3.8, 4) is 0 Å². The van der Waals surface area contributed by atoms with Crippen LogP contribution >= 0.6 is 0 Å². The van der Waals surface area contributed by atoms with Gasteiger partial charge in [0.1, 0.15) is 5.82 Å². The van der Waals surface area contributed by atoms with E-state index in [9.17, 15) is 19.1 Å². The second-order valence-corrected chi connectivity index (χ2v) is 5.25. The Labute approximate surface area is 139 Å². The lowest BCUT2D eigenvalue weighted by molar-refractivity contribution is -0.136. The number of halogens is 1. The van der Waals surface area contributed by atoms with E-state index in [2.05, 4.69) is 10.6 Å². The number of nitrogens with one attached hydrogen (secondary N) is 2. The summed E-state index contributed by atoms with van der Waals surface area (Å²) in [6.45, 7) is 1.75. The summed E-state index contributed by atoms with van der Waals surface area (Å²) in [5.41, 5.74) is 1.68. The van der Waals surface area contributed by atoms with E-state index >= 15 is 0 Å². The lowest BCUT2D eigenvalue weighted by Gasteiger charge is -2.13.